The maximum atomic E-state index is 12.0. The van der Waals surface area contributed by atoms with Gasteiger partial charge in [0.05, 0.1) is 18.2 Å². The quantitative estimate of drug-likeness (QED) is 0.773. The summed E-state index contributed by atoms with van der Waals surface area (Å²) in [4.78, 5) is 12.0. The van der Waals surface area contributed by atoms with Gasteiger partial charge >= 0.3 is 0 Å². The lowest BCUT2D eigenvalue weighted by Crippen LogP contribution is -2.39. The zero-order valence-electron chi connectivity index (χ0n) is 13.5. The molecular formula is C18H26N2O3. The van der Waals surface area contributed by atoms with E-state index in [4.69, 9.17) is 4.74 Å². The van der Waals surface area contributed by atoms with E-state index in [1.54, 1.807) is 0 Å². The zero-order valence-corrected chi connectivity index (χ0v) is 13.5. The van der Waals surface area contributed by atoms with Gasteiger partial charge < -0.3 is 20.5 Å². The molecule has 126 valence electrons. The van der Waals surface area contributed by atoms with Crippen molar-refractivity contribution in [2.45, 2.75) is 63.3 Å². The highest BCUT2D eigenvalue weighted by Gasteiger charge is 2.27. The third-order valence-corrected chi connectivity index (χ3v) is 4.67. The van der Waals surface area contributed by atoms with Gasteiger partial charge in [-0.1, -0.05) is 18.6 Å². The van der Waals surface area contributed by atoms with Crippen LogP contribution in [0.5, 0.6) is 5.75 Å². The van der Waals surface area contributed by atoms with E-state index in [9.17, 15) is 9.90 Å². The molecule has 1 aromatic carbocycles. The number of aliphatic hydroxyl groups excluding tert-OH is 1. The number of hydrogen-bond acceptors (Lipinski definition) is 4. The average Bonchev–Trinajstić information content (AvgIpc) is 3.01. The van der Waals surface area contributed by atoms with Gasteiger partial charge in [0.25, 0.3) is 0 Å². The molecule has 0 radical (unpaired) electrons. The molecule has 1 amide bonds. The number of rotatable bonds is 5. The second-order valence-corrected chi connectivity index (χ2v) is 6.59. The summed E-state index contributed by atoms with van der Waals surface area (Å²) in [6, 6.07) is 7.67. The number of β-amino-alcohol motifs (C(OH)–C–C–N with tert-alkyl or cyclic N) is 1. The second kappa shape index (κ2) is 7.79. The van der Waals surface area contributed by atoms with Gasteiger partial charge in [-0.3, -0.25) is 4.79 Å². The first-order chi connectivity index (χ1) is 11.2. The number of nitrogens with one attached hydrogen (secondary N) is 2. The molecule has 5 nitrogen and oxygen atoms in total. The molecule has 3 N–H and O–H groups in total. The van der Waals surface area contributed by atoms with Crippen LogP contribution in [-0.4, -0.2) is 35.8 Å². The van der Waals surface area contributed by atoms with Crippen LogP contribution in [0.1, 0.15) is 44.1 Å². The molecule has 5 heteroatoms. The molecule has 2 aliphatic rings. The Morgan fingerprint density at radius 2 is 1.96 bits per heavy atom. The van der Waals surface area contributed by atoms with E-state index in [2.05, 4.69) is 10.6 Å². The smallest absolute Gasteiger partial charge is 0.237 e. The summed E-state index contributed by atoms with van der Waals surface area (Å²) in [6.45, 7) is 0.988. The first kappa shape index (κ1) is 16.3. The van der Waals surface area contributed by atoms with E-state index in [0.717, 1.165) is 24.2 Å². The highest BCUT2D eigenvalue weighted by atomic mass is 16.5. The maximum Gasteiger partial charge on any atom is 0.237 e. The molecule has 1 saturated carbocycles. The summed E-state index contributed by atoms with van der Waals surface area (Å²) in [5.74, 6) is 0.858. The topological polar surface area (TPSA) is 70.6 Å². The molecule has 1 aliphatic carbocycles. The van der Waals surface area contributed by atoms with Gasteiger partial charge in [0.1, 0.15) is 5.75 Å². The molecule has 1 aliphatic heterocycles. The summed E-state index contributed by atoms with van der Waals surface area (Å²) >= 11 is 0. The van der Waals surface area contributed by atoms with Crippen molar-refractivity contribution in [3.05, 3.63) is 29.8 Å². The SMILES string of the molecule is O=C(NCc1ccc(OC2CCCCC2)cc1)C1CC(O)CN1. The van der Waals surface area contributed by atoms with Gasteiger partial charge in [0, 0.05) is 13.1 Å². The molecule has 1 heterocycles. The second-order valence-electron chi connectivity index (χ2n) is 6.59. The predicted molar refractivity (Wildman–Crippen MR) is 88.2 cm³/mol. The summed E-state index contributed by atoms with van der Waals surface area (Å²) in [5.41, 5.74) is 1.05. The molecule has 3 rings (SSSR count). The Bertz CT molecular complexity index is 512. The minimum atomic E-state index is -0.415. The van der Waals surface area contributed by atoms with Crippen LogP contribution in [-0.2, 0) is 11.3 Å². The van der Waals surface area contributed by atoms with Gasteiger partial charge in [0.15, 0.2) is 0 Å². The Kier molecular flexibility index (Phi) is 5.51. The van der Waals surface area contributed by atoms with Crippen molar-refractivity contribution in [1.29, 1.82) is 0 Å². The van der Waals surface area contributed by atoms with Crippen molar-refractivity contribution >= 4 is 5.91 Å². The normalized spacial score (nSPS) is 25.3. The lowest BCUT2D eigenvalue weighted by atomic mass is 9.98. The lowest BCUT2D eigenvalue weighted by Gasteiger charge is -2.23. The monoisotopic (exact) mass is 318 g/mol. The van der Waals surface area contributed by atoms with Gasteiger partial charge in [-0.05, 0) is 49.8 Å². The molecular weight excluding hydrogens is 292 g/mol. The van der Waals surface area contributed by atoms with Crippen molar-refractivity contribution in [1.82, 2.24) is 10.6 Å². The summed E-state index contributed by atoms with van der Waals surface area (Å²) in [5, 5.41) is 15.4. The Morgan fingerprint density at radius 3 is 2.61 bits per heavy atom. The molecule has 0 bridgehead atoms. The van der Waals surface area contributed by atoms with Crippen LogP contribution in [0.4, 0.5) is 0 Å². The molecule has 1 aromatic rings. The van der Waals surface area contributed by atoms with Gasteiger partial charge in [-0.2, -0.15) is 0 Å². The van der Waals surface area contributed by atoms with E-state index in [1.807, 2.05) is 24.3 Å². The Labute approximate surface area is 137 Å². The van der Waals surface area contributed by atoms with Gasteiger partial charge in [-0.15, -0.1) is 0 Å². The first-order valence-electron chi connectivity index (χ1n) is 8.65. The van der Waals surface area contributed by atoms with Gasteiger partial charge in [0.2, 0.25) is 5.91 Å². The molecule has 0 aromatic heterocycles. The Balaban J connectivity index is 1.44. The number of aliphatic hydroxyl groups is 1. The standard InChI is InChI=1S/C18H26N2O3/c21-14-10-17(19-12-14)18(22)20-11-13-6-8-16(9-7-13)23-15-4-2-1-3-5-15/h6-9,14-15,17,19,21H,1-5,10-12H2,(H,20,22). The average molecular weight is 318 g/mol. The van der Waals surface area contributed by atoms with Crippen molar-refractivity contribution in [3.63, 3.8) is 0 Å². The number of ether oxygens (including phenoxy) is 1. The Morgan fingerprint density at radius 1 is 1.22 bits per heavy atom. The molecule has 23 heavy (non-hydrogen) atoms. The predicted octanol–water partition coefficient (Wildman–Crippen LogP) is 1.74. The number of hydrogen-bond donors (Lipinski definition) is 3. The first-order valence-corrected chi connectivity index (χ1v) is 8.65. The van der Waals surface area contributed by atoms with Crippen LogP contribution in [0.25, 0.3) is 0 Å². The minimum Gasteiger partial charge on any atom is -0.490 e. The largest absolute Gasteiger partial charge is 0.490 e. The number of amides is 1. The Hall–Kier alpha value is -1.59. The summed E-state index contributed by atoms with van der Waals surface area (Å²) < 4.78 is 6.00. The van der Waals surface area contributed by atoms with E-state index >= 15 is 0 Å². The van der Waals surface area contributed by atoms with Crippen molar-refractivity contribution < 1.29 is 14.6 Å². The van der Waals surface area contributed by atoms with Crippen LogP contribution < -0.4 is 15.4 Å². The van der Waals surface area contributed by atoms with E-state index in [0.29, 0.717) is 25.6 Å². The minimum absolute atomic E-state index is 0.0518. The molecule has 2 atom stereocenters. The molecule has 0 spiro atoms. The van der Waals surface area contributed by atoms with Crippen LogP contribution in [0, 0.1) is 0 Å². The van der Waals surface area contributed by atoms with E-state index < -0.39 is 6.10 Å². The third-order valence-electron chi connectivity index (χ3n) is 4.67. The van der Waals surface area contributed by atoms with E-state index in [1.165, 1.54) is 19.3 Å². The van der Waals surface area contributed by atoms with Crippen LogP contribution >= 0.6 is 0 Å². The third kappa shape index (κ3) is 4.69. The van der Waals surface area contributed by atoms with Crippen molar-refractivity contribution in [3.8, 4) is 5.75 Å². The number of benzene rings is 1. The maximum absolute atomic E-state index is 12.0. The van der Waals surface area contributed by atoms with Crippen LogP contribution in [0.2, 0.25) is 0 Å². The zero-order chi connectivity index (χ0) is 16.1. The summed E-state index contributed by atoms with van der Waals surface area (Å²) in [7, 11) is 0. The number of carbonyl (C=O) groups is 1. The number of carbonyl (C=O) groups excluding carboxylic acids is 1. The highest BCUT2D eigenvalue weighted by Crippen LogP contribution is 2.23. The molecule has 2 fully saturated rings. The highest BCUT2D eigenvalue weighted by molar-refractivity contribution is 5.82. The van der Waals surface area contributed by atoms with Gasteiger partial charge in [-0.25, -0.2) is 0 Å². The van der Waals surface area contributed by atoms with Crippen LogP contribution in [0.15, 0.2) is 24.3 Å². The van der Waals surface area contributed by atoms with Crippen LogP contribution in [0.3, 0.4) is 0 Å². The fourth-order valence-corrected chi connectivity index (χ4v) is 3.29. The fraction of sp³-hybridized carbons (Fsp3) is 0.611. The molecule has 2 unspecified atom stereocenters. The van der Waals surface area contributed by atoms with Crippen molar-refractivity contribution in [2.75, 3.05) is 6.54 Å². The van der Waals surface area contributed by atoms with E-state index in [-0.39, 0.29) is 11.9 Å². The summed E-state index contributed by atoms with van der Waals surface area (Å²) in [6.07, 6.45) is 6.58. The molecule has 1 saturated heterocycles. The van der Waals surface area contributed by atoms with Crippen molar-refractivity contribution in [2.24, 2.45) is 0 Å². The lowest BCUT2D eigenvalue weighted by molar-refractivity contribution is -0.123. The fourth-order valence-electron chi connectivity index (χ4n) is 3.29.